The van der Waals surface area contributed by atoms with Crippen LogP contribution in [0.3, 0.4) is 0 Å². The lowest BCUT2D eigenvalue weighted by Gasteiger charge is -2.38. The summed E-state index contributed by atoms with van der Waals surface area (Å²) >= 11 is 0. The zero-order chi connectivity index (χ0) is 19.3. The van der Waals surface area contributed by atoms with Crippen molar-refractivity contribution in [3.8, 4) is 0 Å². The zero-order valence-electron chi connectivity index (χ0n) is 16.5. The molecule has 26 heavy (non-hydrogen) atoms. The summed E-state index contributed by atoms with van der Waals surface area (Å²) in [6, 6.07) is 7.03. The SMILES string of the molecule is CCC(C)N(C[C@H](O)[C@@H]1CCC(=O)N1Cc1ccccc1F)C(C)CC. The molecule has 0 saturated carbocycles. The average molecular weight is 365 g/mol. The summed E-state index contributed by atoms with van der Waals surface area (Å²) in [6.07, 6.45) is 2.45. The van der Waals surface area contributed by atoms with Crippen LogP contribution >= 0.6 is 0 Å². The molecule has 0 aromatic heterocycles. The summed E-state index contributed by atoms with van der Waals surface area (Å²) in [7, 11) is 0. The van der Waals surface area contributed by atoms with E-state index in [4.69, 9.17) is 0 Å². The summed E-state index contributed by atoms with van der Waals surface area (Å²) in [4.78, 5) is 16.3. The number of rotatable bonds is 9. The molecular weight excluding hydrogens is 331 g/mol. The van der Waals surface area contributed by atoms with Crippen molar-refractivity contribution < 1.29 is 14.3 Å². The van der Waals surface area contributed by atoms with E-state index in [1.165, 1.54) is 6.07 Å². The monoisotopic (exact) mass is 364 g/mol. The Balaban J connectivity index is 2.11. The number of halogens is 1. The lowest BCUT2D eigenvalue weighted by atomic mass is 10.0. The van der Waals surface area contributed by atoms with Gasteiger partial charge in [-0.1, -0.05) is 32.0 Å². The van der Waals surface area contributed by atoms with Crippen LogP contribution in [0.1, 0.15) is 58.9 Å². The number of likely N-dealkylation sites (tertiary alicyclic amines) is 1. The van der Waals surface area contributed by atoms with Crippen molar-refractivity contribution in [3.63, 3.8) is 0 Å². The average Bonchev–Trinajstić information content (AvgIpc) is 3.00. The maximum absolute atomic E-state index is 14.0. The lowest BCUT2D eigenvalue weighted by molar-refractivity contribution is -0.131. The van der Waals surface area contributed by atoms with Crippen molar-refractivity contribution in [1.29, 1.82) is 0 Å². The standard InChI is InChI=1S/C21H33FN2O2/c1-5-15(3)23(16(4)6-2)14-20(25)19-11-12-21(26)24(19)13-17-9-7-8-10-18(17)22/h7-10,15-16,19-20,25H,5-6,11-14H2,1-4H3/t15?,16?,19-,20-/m0/s1. The van der Waals surface area contributed by atoms with Crippen LogP contribution in [-0.4, -0.2) is 51.6 Å². The summed E-state index contributed by atoms with van der Waals surface area (Å²) in [5.41, 5.74) is 0.501. The molecule has 0 bridgehead atoms. The van der Waals surface area contributed by atoms with Crippen molar-refractivity contribution >= 4 is 5.91 Å². The molecule has 1 heterocycles. The van der Waals surface area contributed by atoms with E-state index < -0.39 is 6.10 Å². The van der Waals surface area contributed by atoms with Crippen molar-refractivity contribution in [3.05, 3.63) is 35.6 Å². The highest BCUT2D eigenvalue weighted by atomic mass is 19.1. The van der Waals surface area contributed by atoms with E-state index in [0.717, 1.165) is 12.8 Å². The van der Waals surface area contributed by atoms with Crippen LogP contribution < -0.4 is 0 Å². The molecule has 1 fully saturated rings. The van der Waals surface area contributed by atoms with E-state index in [-0.39, 0.29) is 24.3 Å². The van der Waals surface area contributed by atoms with Gasteiger partial charge in [0.1, 0.15) is 5.82 Å². The molecule has 5 heteroatoms. The van der Waals surface area contributed by atoms with Crippen LogP contribution in [0.25, 0.3) is 0 Å². The van der Waals surface area contributed by atoms with Gasteiger partial charge in [-0.15, -0.1) is 0 Å². The number of hydrogen-bond donors (Lipinski definition) is 1. The highest BCUT2D eigenvalue weighted by molar-refractivity contribution is 5.78. The predicted molar refractivity (Wildman–Crippen MR) is 102 cm³/mol. The van der Waals surface area contributed by atoms with Crippen molar-refractivity contribution in [2.75, 3.05) is 6.54 Å². The number of carbonyl (C=O) groups is 1. The maximum Gasteiger partial charge on any atom is 0.223 e. The van der Waals surface area contributed by atoms with E-state index in [2.05, 4.69) is 32.6 Å². The van der Waals surface area contributed by atoms with Crippen LogP contribution in [0.15, 0.2) is 24.3 Å². The Morgan fingerprint density at radius 3 is 2.42 bits per heavy atom. The molecular formula is C21H33FN2O2. The largest absolute Gasteiger partial charge is 0.390 e. The van der Waals surface area contributed by atoms with Gasteiger partial charge in [-0.2, -0.15) is 0 Å². The number of hydrogen-bond acceptors (Lipinski definition) is 3. The minimum absolute atomic E-state index is 0.00377. The smallest absolute Gasteiger partial charge is 0.223 e. The van der Waals surface area contributed by atoms with Crippen LogP contribution in [0.4, 0.5) is 4.39 Å². The Morgan fingerprint density at radius 2 is 1.85 bits per heavy atom. The quantitative estimate of drug-likeness (QED) is 0.728. The van der Waals surface area contributed by atoms with Gasteiger partial charge in [0.15, 0.2) is 0 Å². The summed E-state index contributed by atoms with van der Waals surface area (Å²) in [6.45, 7) is 9.41. The second kappa shape index (κ2) is 9.47. The van der Waals surface area contributed by atoms with Crippen LogP contribution in [-0.2, 0) is 11.3 Å². The zero-order valence-corrected chi connectivity index (χ0v) is 16.5. The van der Waals surface area contributed by atoms with Crippen molar-refractivity contribution in [2.45, 2.75) is 84.2 Å². The first kappa shape index (κ1) is 20.8. The number of carbonyl (C=O) groups excluding carboxylic acids is 1. The number of aliphatic hydroxyl groups excluding tert-OH is 1. The molecule has 1 aliphatic heterocycles. The van der Waals surface area contributed by atoms with E-state index in [1.54, 1.807) is 23.1 Å². The molecule has 4 atom stereocenters. The van der Waals surface area contributed by atoms with E-state index in [9.17, 15) is 14.3 Å². The fraction of sp³-hybridized carbons (Fsp3) is 0.667. The van der Waals surface area contributed by atoms with Gasteiger partial charge >= 0.3 is 0 Å². The van der Waals surface area contributed by atoms with Crippen molar-refractivity contribution in [1.82, 2.24) is 9.80 Å². The van der Waals surface area contributed by atoms with E-state index in [1.807, 2.05) is 0 Å². The van der Waals surface area contributed by atoms with Crippen molar-refractivity contribution in [2.24, 2.45) is 0 Å². The van der Waals surface area contributed by atoms with Gasteiger partial charge in [-0.3, -0.25) is 9.69 Å². The van der Waals surface area contributed by atoms with Gasteiger partial charge in [0.05, 0.1) is 12.1 Å². The van der Waals surface area contributed by atoms with Gasteiger partial charge < -0.3 is 10.0 Å². The number of benzene rings is 1. The third-order valence-electron chi connectivity index (χ3n) is 5.83. The Hall–Kier alpha value is -1.46. The Morgan fingerprint density at radius 1 is 1.23 bits per heavy atom. The molecule has 1 aliphatic rings. The molecule has 146 valence electrons. The van der Waals surface area contributed by atoms with Gasteiger partial charge in [0, 0.05) is 37.2 Å². The second-order valence-corrected chi connectivity index (χ2v) is 7.50. The second-order valence-electron chi connectivity index (χ2n) is 7.50. The molecule has 0 radical (unpaired) electrons. The fourth-order valence-electron chi connectivity index (χ4n) is 3.77. The minimum atomic E-state index is -0.628. The first-order chi connectivity index (χ1) is 12.4. The molecule has 2 unspecified atom stereocenters. The summed E-state index contributed by atoms with van der Waals surface area (Å²) < 4.78 is 14.0. The van der Waals surface area contributed by atoms with Crippen LogP contribution in [0.5, 0.6) is 0 Å². The number of nitrogens with zero attached hydrogens (tertiary/aromatic N) is 2. The first-order valence-electron chi connectivity index (χ1n) is 9.85. The molecule has 2 rings (SSSR count). The third kappa shape index (κ3) is 4.83. The van der Waals surface area contributed by atoms with Gasteiger partial charge in [0.2, 0.25) is 5.91 Å². The topological polar surface area (TPSA) is 43.8 Å². The Labute approximate surface area is 157 Å². The Bertz CT molecular complexity index is 585. The maximum atomic E-state index is 14.0. The Kier molecular flexibility index (Phi) is 7.59. The first-order valence-corrected chi connectivity index (χ1v) is 9.85. The molecule has 1 aromatic carbocycles. The predicted octanol–water partition coefficient (Wildman–Crippen LogP) is 3.58. The molecule has 1 amide bonds. The van der Waals surface area contributed by atoms with Gasteiger partial charge in [-0.25, -0.2) is 4.39 Å². The molecule has 0 spiro atoms. The highest BCUT2D eigenvalue weighted by Gasteiger charge is 2.37. The highest BCUT2D eigenvalue weighted by Crippen LogP contribution is 2.26. The fourth-order valence-corrected chi connectivity index (χ4v) is 3.77. The van der Waals surface area contributed by atoms with Gasteiger partial charge in [-0.05, 0) is 39.2 Å². The molecule has 4 nitrogen and oxygen atoms in total. The van der Waals surface area contributed by atoms with Gasteiger partial charge in [0.25, 0.3) is 0 Å². The summed E-state index contributed by atoms with van der Waals surface area (Å²) in [5, 5.41) is 10.9. The molecule has 1 N–H and O–H groups in total. The minimum Gasteiger partial charge on any atom is -0.390 e. The van der Waals surface area contributed by atoms with Crippen LogP contribution in [0, 0.1) is 5.82 Å². The number of amides is 1. The van der Waals surface area contributed by atoms with Crippen LogP contribution in [0.2, 0.25) is 0 Å². The molecule has 0 aliphatic carbocycles. The van der Waals surface area contributed by atoms with E-state index in [0.29, 0.717) is 37.0 Å². The third-order valence-corrected chi connectivity index (χ3v) is 5.83. The normalized spacial score (nSPS) is 21.3. The van der Waals surface area contributed by atoms with E-state index >= 15 is 0 Å². The number of aliphatic hydroxyl groups is 1. The lowest BCUT2D eigenvalue weighted by Crippen LogP contribution is -2.50. The summed E-state index contributed by atoms with van der Waals surface area (Å²) in [5.74, 6) is -0.308. The molecule has 1 saturated heterocycles. The molecule has 1 aromatic rings.